The van der Waals surface area contributed by atoms with Gasteiger partial charge in [-0.3, -0.25) is 4.79 Å². The summed E-state index contributed by atoms with van der Waals surface area (Å²) in [5, 5.41) is 2.93. The normalized spacial score (nSPS) is 12.8. The Labute approximate surface area is 131 Å². The van der Waals surface area contributed by atoms with Gasteiger partial charge in [0.05, 0.1) is 6.04 Å². The van der Waals surface area contributed by atoms with E-state index in [9.17, 15) is 9.18 Å². The van der Waals surface area contributed by atoms with Gasteiger partial charge in [0.1, 0.15) is 5.82 Å². The molecule has 1 atom stereocenters. The Morgan fingerprint density at radius 3 is 2.05 bits per heavy atom. The third-order valence-electron chi connectivity index (χ3n) is 3.73. The van der Waals surface area contributed by atoms with E-state index in [0.29, 0.717) is 5.56 Å². The van der Waals surface area contributed by atoms with Crippen molar-refractivity contribution in [3.63, 3.8) is 0 Å². The molecule has 1 amide bonds. The van der Waals surface area contributed by atoms with Crippen LogP contribution >= 0.6 is 0 Å². The van der Waals surface area contributed by atoms with E-state index in [1.54, 1.807) is 0 Å². The first-order valence-electron chi connectivity index (χ1n) is 7.44. The highest BCUT2D eigenvalue weighted by atomic mass is 19.1. The van der Waals surface area contributed by atoms with E-state index in [4.69, 9.17) is 0 Å². The molecule has 2 nitrogen and oxygen atoms in total. The van der Waals surface area contributed by atoms with Crippen LogP contribution in [-0.4, -0.2) is 5.91 Å². The summed E-state index contributed by atoms with van der Waals surface area (Å²) in [6.07, 6.45) is 0. The summed E-state index contributed by atoms with van der Waals surface area (Å²) in [5.74, 6) is -0.547. The molecule has 0 heterocycles. The minimum Gasteiger partial charge on any atom is -0.346 e. The number of carbonyl (C=O) groups is 1. The van der Waals surface area contributed by atoms with Crippen LogP contribution in [0.3, 0.4) is 0 Å². The lowest BCUT2D eigenvalue weighted by atomic mass is 9.86. The Kier molecular flexibility index (Phi) is 4.65. The molecule has 116 valence electrons. The highest BCUT2D eigenvalue weighted by Crippen LogP contribution is 2.24. The molecular formula is C19H22FNO. The van der Waals surface area contributed by atoms with E-state index in [1.807, 2.05) is 19.1 Å². The maximum Gasteiger partial charge on any atom is 0.251 e. The van der Waals surface area contributed by atoms with Gasteiger partial charge in [-0.25, -0.2) is 4.39 Å². The quantitative estimate of drug-likeness (QED) is 0.880. The van der Waals surface area contributed by atoms with Gasteiger partial charge in [-0.2, -0.15) is 0 Å². The van der Waals surface area contributed by atoms with Crippen molar-refractivity contribution in [3.8, 4) is 0 Å². The van der Waals surface area contributed by atoms with Gasteiger partial charge in [-0.15, -0.1) is 0 Å². The Balaban J connectivity index is 2.07. The molecule has 0 saturated heterocycles. The molecule has 1 N–H and O–H groups in total. The fourth-order valence-electron chi connectivity index (χ4n) is 2.24. The lowest BCUT2D eigenvalue weighted by Crippen LogP contribution is -2.26. The molecule has 22 heavy (non-hydrogen) atoms. The van der Waals surface area contributed by atoms with Gasteiger partial charge in [0.2, 0.25) is 0 Å². The SMILES string of the molecule is C[C@H](NC(=O)c1ccc(F)cc1)c1ccc(C(C)(C)C)cc1. The molecule has 0 spiro atoms. The molecule has 0 aliphatic heterocycles. The average Bonchev–Trinajstić information content (AvgIpc) is 2.47. The van der Waals surface area contributed by atoms with Crippen LogP contribution in [0.1, 0.15) is 55.2 Å². The topological polar surface area (TPSA) is 29.1 Å². The number of nitrogens with one attached hydrogen (secondary N) is 1. The number of benzene rings is 2. The third kappa shape index (κ3) is 3.94. The number of carbonyl (C=O) groups excluding carboxylic acids is 1. The van der Waals surface area contributed by atoms with Crippen LogP contribution in [0.4, 0.5) is 4.39 Å². The molecule has 0 radical (unpaired) electrons. The molecule has 0 aromatic heterocycles. The summed E-state index contributed by atoms with van der Waals surface area (Å²) in [6.45, 7) is 8.44. The van der Waals surface area contributed by atoms with Gasteiger partial charge in [-0.05, 0) is 47.7 Å². The second-order valence-electron chi connectivity index (χ2n) is 6.57. The van der Waals surface area contributed by atoms with Crippen molar-refractivity contribution >= 4 is 5.91 Å². The first-order chi connectivity index (χ1) is 10.3. The largest absolute Gasteiger partial charge is 0.346 e. The number of hydrogen-bond acceptors (Lipinski definition) is 1. The van der Waals surface area contributed by atoms with Crippen molar-refractivity contribution in [3.05, 3.63) is 71.0 Å². The molecule has 0 saturated carbocycles. The molecule has 3 heteroatoms. The van der Waals surface area contributed by atoms with E-state index in [1.165, 1.54) is 29.8 Å². The van der Waals surface area contributed by atoms with Crippen molar-refractivity contribution in [1.29, 1.82) is 0 Å². The molecular weight excluding hydrogens is 277 g/mol. The molecule has 0 unspecified atom stereocenters. The molecule has 2 rings (SSSR count). The highest BCUT2D eigenvalue weighted by molar-refractivity contribution is 5.94. The molecule has 2 aromatic carbocycles. The molecule has 0 bridgehead atoms. The Morgan fingerprint density at radius 1 is 1.00 bits per heavy atom. The molecule has 0 aliphatic rings. The third-order valence-corrected chi connectivity index (χ3v) is 3.73. The second kappa shape index (κ2) is 6.30. The lowest BCUT2D eigenvalue weighted by molar-refractivity contribution is 0.0940. The Morgan fingerprint density at radius 2 is 1.55 bits per heavy atom. The zero-order valence-electron chi connectivity index (χ0n) is 13.5. The minimum absolute atomic E-state index is 0.105. The molecule has 0 aliphatic carbocycles. The maximum atomic E-state index is 12.9. The van der Waals surface area contributed by atoms with Crippen LogP contribution in [0.15, 0.2) is 48.5 Å². The van der Waals surface area contributed by atoms with Gasteiger partial charge in [0.25, 0.3) is 5.91 Å². The summed E-state index contributed by atoms with van der Waals surface area (Å²) >= 11 is 0. The summed E-state index contributed by atoms with van der Waals surface area (Å²) < 4.78 is 12.9. The van der Waals surface area contributed by atoms with E-state index in [0.717, 1.165) is 5.56 Å². The van der Waals surface area contributed by atoms with Gasteiger partial charge in [0.15, 0.2) is 0 Å². The first kappa shape index (κ1) is 16.2. The standard InChI is InChI=1S/C19H22FNO/c1-13(14-5-9-16(10-6-14)19(2,3)4)21-18(22)15-7-11-17(20)12-8-15/h5-13H,1-4H3,(H,21,22)/t13-/m0/s1. The number of hydrogen-bond donors (Lipinski definition) is 1. The van der Waals surface area contributed by atoms with Gasteiger partial charge in [0, 0.05) is 5.56 Å². The Bertz CT molecular complexity index is 639. The lowest BCUT2D eigenvalue weighted by Gasteiger charge is -2.20. The van der Waals surface area contributed by atoms with Crippen molar-refractivity contribution in [2.24, 2.45) is 0 Å². The maximum absolute atomic E-state index is 12.9. The van der Waals surface area contributed by atoms with Crippen LogP contribution in [0.2, 0.25) is 0 Å². The second-order valence-corrected chi connectivity index (χ2v) is 6.57. The smallest absolute Gasteiger partial charge is 0.251 e. The molecule has 2 aromatic rings. The van der Waals surface area contributed by atoms with Crippen molar-refractivity contribution < 1.29 is 9.18 Å². The number of halogens is 1. The van der Waals surface area contributed by atoms with Crippen molar-refractivity contribution in [2.75, 3.05) is 0 Å². The van der Waals surface area contributed by atoms with Crippen LogP contribution < -0.4 is 5.32 Å². The van der Waals surface area contributed by atoms with Gasteiger partial charge >= 0.3 is 0 Å². The highest BCUT2D eigenvalue weighted by Gasteiger charge is 2.15. The van der Waals surface area contributed by atoms with E-state index < -0.39 is 0 Å². The first-order valence-corrected chi connectivity index (χ1v) is 7.44. The summed E-state index contributed by atoms with van der Waals surface area (Å²) in [5.41, 5.74) is 2.87. The van der Waals surface area contributed by atoms with Crippen LogP contribution in [-0.2, 0) is 5.41 Å². The predicted octanol–water partition coefficient (Wildman–Crippen LogP) is 4.61. The van der Waals surface area contributed by atoms with Gasteiger partial charge in [-0.1, -0.05) is 45.0 Å². The van der Waals surface area contributed by atoms with E-state index in [-0.39, 0.29) is 23.2 Å². The zero-order chi connectivity index (χ0) is 16.3. The van der Waals surface area contributed by atoms with Crippen LogP contribution in [0.5, 0.6) is 0 Å². The minimum atomic E-state index is -0.345. The monoisotopic (exact) mass is 299 g/mol. The van der Waals surface area contributed by atoms with E-state index in [2.05, 4.69) is 38.2 Å². The fraction of sp³-hybridized carbons (Fsp3) is 0.316. The van der Waals surface area contributed by atoms with Crippen LogP contribution in [0, 0.1) is 5.82 Å². The number of amides is 1. The number of rotatable bonds is 3. The van der Waals surface area contributed by atoms with Crippen LogP contribution in [0.25, 0.3) is 0 Å². The summed E-state index contributed by atoms with van der Waals surface area (Å²) in [7, 11) is 0. The average molecular weight is 299 g/mol. The fourth-order valence-corrected chi connectivity index (χ4v) is 2.24. The Hall–Kier alpha value is -2.16. The predicted molar refractivity (Wildman–Crippen MR) is 87.4 cm³/mol. The zero-order valence-corrected chi connectivity index (χ0v) is 13.5. The van der Waals surface area contributed by atoms with E-state index >= 15 is 0 Å². The summed E-state index contributed by atoms with van der Waals surface area (Å²) in [6, 6.07) is 13.7. The summed E-state index contributed by atoms with van der Waals surface area (Å²) in [4.78, 5) is 12.1. The molecule has 0 fully saturated rings. The van der Waals surface area contributed by atoms with Gasteiger partial charge < -0.3 is 5.32 Å². The van der Waals surface area contributed by atoms with Crippen molar-refractivity contribution in [1.82, 2.24) is 5.32 Å². The van der Waals surface area contributed by atoms with Crippen molar-refractivity contribution in [2.45, 2.75) is 39.2 Å².